The lowest BCUT2D eigenvalue weighted by Crippen LogP contribution is -2.47. The first kappa shape index (κ1) is 18.8. The first-order chi connectivity index (χ1) is 11.3. The van der Waals surface area contributed by atoms with Gasteiger partial charge in [-0.05, 0) is 45.1 Å². The largest absolute Gasteiger partial charge is 0.316 e. The number of hydrogen-bond acceptors (Lipinski definition) is 4. The lowest BCUT2D eigenvalue weighted by Gasteiger charge is -2.35. The van der Waals surface area contributed by atoms with Gasteiger partial charge in [0.2, 0.25) is 0 Å². The van der Waals surface area contributed by atoms with Gasteiger partial charge in [0.05, 0.1) is 0 Å². The fourth-order valence-electron chi connectivity index (χ4n) is 2.98. The van der Waals surface area contributed by atoms with Crippen molar-refractivity contribution in [2.45, 2.75) is 37.1 Å². The number of rotatable bonds is 10. The van der Waals surface area contributed by atoms with E-state index in [-0.39, 0.29) is 0 Å². The first-order valence-corrected chi connectivity index (χ1v) is 10.1. The van der Waals surface area contributed by atoms with Crippen molar-refractivity contribution in [2.24, 2.45) is 0 Å². The second kappa shape index (κ2) is 11.1. The topological polar surface area (TPSA) is 18.5 Å². The number of piperazine rings is 1. The van der Waals surface area contributed by atoms with Crippen LogP contribution >= 0.6 is 11.8 Å². The van der Waals surface area contributed by atoms with Crippen molar-refractivity contribution in [3.05, 3.63) is 30.3 Å². The molecule has 1 aliphatic rings. The standard InChI is InChI=1S/C19H33N3S/c1-3-4-11-21-13-15-22(16-14-21)12-10-18(20-2)17-23-19-8-6-5-7-9-19/h5-9,18,20H,3-4,10-17H2,1-2H3. The molecule has 3 nitrogen and oxygen atoms in total. The maximum Gasteiger partial charge on any atom is 0.0170 e. The molecule has 1 unspecified atom stereocenters. The summed E-state index contributed by atoms with van der Waals surface area (Å²) in [5, 5.41) is 3.49. The number of hydrogen-bond donors (Lipinski definition) is 1. The van der Waals surface area contributed by atoms with Gasteiger partial charge in [0.1, 0.15) is 0 Å². The molecule has 0 saturated carbocycles. The summed E-state index contributed by atoms with van der Waals surface area (Å²) in [7, 11) is 2.10. The van der Waals surface area contributed by atoms with Gasteiger partial charge in [0.15, 0.2) is 0 Å². The molecule has 1 aromatic carbocycles. The van der Waals surface area contributed by atoms with Gasteiger partial charge >= 0.3 is 0 Å². The average molecular weight is 336 g/mol. The Morgan fingerprint density at radius 1 is 1.04 bits per heavy atom. The molecule has 0 radical (unpaired) electrons. The van der Waals surface area contributed by atoms with Gasteiger partial charge in [-0.15, -0.1) is 11.8 Å². The van der Waals surface area contributed by atoms with Crippen LogP contribution in [-0.4, -0.2) is 67.9 Å². The average Bonchev–Trinajstić information content (AvgIpc) is 2.62. The van der Waals surface area contributed by atoms with Crippen LogP contribution in [0.1, 0.15) is 26.2 Å². The molecule has 1 aliphatic heterocycles. The molecule has 1 N–H and O–H groups in total. The highest BCUT2D eigenvalue weighted by Crippen LogP contribution is 2.19. The Labute approximate surface area is 146 Å². The zero-order valence-corrected chi connectivity index (χ0v) is 15.7. The van der Waals surface area contributed by atoms with Gasteiger partial charge in [-0.2, -0.15) is 0 Å². The van der Waals surface area contributed by atoms with Gasteiger partial charge in [0, 0.05) is 42.9 Å². The van der Waals surface area contributed by atoms with Crippen LogP contribution in [0.5, 0.6) is 0 Å². The first-order valence-electron chi connectivity index (χ1n) is 9.11. The second-order valence-electron chi connectivity index (χ2n) is 6.44. The number of unbranched alkanes of at least 4 members (excludes halogenated alkanes) is 1. The minimum absolute atomic E-state index is 0.596. The summed E-state index contributed by atoms with van der Waals surface area (Å²) in [6.45, 7) is 9.78. The summed E-state index contributed by atoms with van der Waals surface area (Å²) in [6.07, 6.45) is 3.90. The Morgan fingerprint density at radius 2 is 1.70 bits per heavy atom. The lowest BCUT2D eigenvalue weighted by molar-refractivity contribution is 0.128. The van der Waals surface area contributed by atoms with E-state index in [0.29, 0.717) is 6.04 Å². The number of nitrogens with zero attached hydrogens (tertiary/aromatic N) is 2. The minimum atomic E-state index is 0.596. The summed E-state index contributed by atoms with van der Waals surface area (Å²) in [4.78, 5) is 6.64. The molecule has 0 aromatic heterocycles. The Hall–Kier alpha value is -0.550. The Bertz CT molecular complexity index is 404. The minimum Gasteiger partial charge on any atom is -0.316 e. The van der Waals surface area contributed by atoms with E-state index < -0.39 is 0 Å². The summed E-state index contributed by atoms with van der Waals surface area (Å²) in [5.41, 5.74) is 0. The van der Waals surface area contributed by atoms with E-state index >= 15 is 0 Å². The van der Waals surface area contributed by atoms with E-state index in [1.165, 1.54) is 63.4 Å². The van der Waals surface area contributed by atoms with E-state index in [1.54, 1.807) is 0 Å². The van der Waals surface area contributed by atoms with Gasteiger partial charge < -0.3 is 15.1 Å². The summed E-state index contributed by atoms with van der Waals surface area (Å²) < 4.78 is 0. The van der Waals surface area contributed by atoms with Crippen molar-refractivity contribution in [2.75, 3.05) is 52.1 Å². The summed E-state index contributed by atoms with van der Waals surface area (Å²) >= 11 is 1.96. The fraction of sp³-hybridized carbons (Fsp3) is 0.684. The molecule has 1 saturated heterocycles. The van der Waals surface area contributed by atoms with E-state index in [0.717, 1.165) is 5.75 Å². The molecule has 0 amide bonds. The fourth-order valence-corrected chi connectivity index (χ4v) is 4.06. The lowest BCUT2D eigenvalue weighted by atomic mass is 10.2. The van der Waals surface area contributed by atoms with Crippen LogP contribution in [0.3, 0.4) is 0 Å². The third-order valence-corrected chi connectivity index (χ3v) is 5.86. The van der Waals surface area contributed by atoms with Crippen LogP contribution in [0.15, 0.2) is 35.2 Å². The van der Waals surface area contributed by atoms with Crippen molar-refractivity contribution in [3.8, 4) is 0 Å². The number of nitrogens with one attached hydrogen (secondary N) is 1. The molecule has 1 heterocycles. The van der Waals surface area contributed by atoms with E-state index in [1.807, 2.05) is 11.8 Å². The molecule has 4 heteroatoms. The maximum atomic E-state index is 3.49. The zero-order valence-electron chi connectivity index (χ0n) is 14.8. The number of benzene rings is 1. The van der Waals surface area contributed by atoms with E-state index in [9.17, 15) is 0 Å². The Morgan fingerprint density at radius 3 is 2.30 bits per heavy atom. The molecule has 0 aliphatic carbocycles. The smallest absolute Gasteiger partial charge is 0.0170 e. The van der Waals surface area contributed by atoms with Crippen LogP contribution in [0.25, 0.3) is 0 Å². The summed E-state index contributed by atoms with van der Waals surface area (Å²) in [6, 6.07) is 11.3. The highest BCUT2D eigenvalue weighted by molar-refractivity contribution is 7.99. The zero-order chi connectivity index (χ0) is 16.3. The molecule has 0 spiro atoms. The Kier molecular flexibility index (Phi) is 9.05. The van der Waals surface area contributed by atoms with Crippen LogP contribution in [0, 0.1) is 0 Å². The molecular formula is C19H33N3S. The molecule has 0 bridgehead atoms. The normalized spacial score (nSPS) is 18.2. The van der Waals surface area contributed by atoms with Crippen molar-refractivity contribution < 1.29 is 0 Å². The quantitative estimate of drug-likeness (QED) is 0.662. The molecule has 130 valence electrons. The van der Waals surface area contributed by atoms with Crippen molar-refractivity contribution >= 4 is 11.8 Å². The molecule has 1 fully saturated rings. The third-order valence-electron chi connectivity index (χ3n) is 4.69. The molecular weight excluding hydrogens is 302 g/mol. The predicted octanol–water partition coefficient (Wildman–Crippen LogP) is 3.17. The monoisotopic (exact) mass is 335 g/mol. The van der Waals surface area contributed by atoms with Crippen molar-refractivity contribution in [3.63, 3.8) is 0 Å². The summed E-state index contributed by atoms with van der Waals surface area (Å²) in [5.74, 6) is 1.15. The molecule has 1 atom stereocenters. The molecule has 23 heavy (non-hydrogen) atoms. The predicted molar refractivity (Wildman–Crippen MR) is 102 cm³/mol. The second-order valence-corrected chi connectivity index (χ2v) is 7.53. The number of thioether (sulfide) groups is 1. The highest BCUT2D eigenvalue weighted by Gasteiger charge is 2.17. The van der Waals surface area contributed by atoms with Crippen molar-refractivity contribution in [1.82, 2.24) is 15.1 Å². The van der Waals surface area contributed by atoms with Gasteiger partial charge in [0.25, 0.3) is 0 Å². The maximum absolute atomic E-state index is 3.49. The highest BCUT2D eigenvalue weighted by atomic mass is 32.2. The third kappa shape index (κ3) is 7.25. The Balaban J connectivity index is 1.62. The van der Waals surface area contributed by atoms with Crippen LogP contribution < -0.4 is 5.32 Å². The van der Waals surface area contributed by atoms with Crippen LogP contribution in [0.4, 0.5) is 0 Å². The van der Waals surface area contributed by atoms with Crippen molar-refractivity contribution in [1.29, 1.82) is 0 Å². The van der Waals surface area contributed by atoms with Crippen LogP contribution in [-0.2, 0) is 0 Å². The molecule has 2 rings (SSSR count). The SMILES string of the molecule is CCCCN1CCN(CCC(CSc2ccccc2)NC)CC1. The van der Waals surface area contributed by atoms with Gasteiger partial charge in [-0.25, -0.2) is 0 Å². The van der Waals surface area contributed by atoms with Gasteiger partial charge in [-0.1, -0.05) is 31.5 Å². The van der Waals surface area contributed by atoms with E-state index in [4.69, 9.17) is 0 Å². The van der Waals surface area contributed by atoms with Crippen LogP contribution in [0.2, 0.25) is 0 Å². The van der Waals surface area contributed by atoms with Gasteiger partial charge in [-0.3, -0.25) is 0 Å². The van der Waals surface area contributed by atoms with E-state index in [2.05, 4.69) is 59.4 Å². The molecule has 1 aromatic rings.